The molecule has 1 aromatic carbocycles. The van der Waals surface area contributed by atoms with Crippen molar-refractivity contribution >= 4 is 5.91 Å². The summed E-state index contributed by atoms with van der Waals surface area (Å²) in [6.45, 7) is 1.86. The van der Waals surface area contributed by atoms with Crippen molar-refractivity contribution in [2.45, 2.75) is 37.5 Å². The number of nitrogens with zero attached hydrogens (tertiary/aromatic N) is 1. The molecule has 2 saturated heterocycles. The molecule has 1 N–H and O–H groups in total. The lowest BCUT2D eigenvalue weighted by atomic mass is 9.83. The van der Waals surface area contributed by atoms with E-state index in [2.05, 4.69) is 0 Å². The van der Waals surface area contributed by atoms with Crippen LogP contribution < -0.4 is 0 Å². The molecule has 0 aliphatic carbocycles. The van der Waals surface area contributed by atoms with Gasteiger partial charge in [0.25, 0.3) is 0 Å². The van der Waals surface area contributed by atoms with Gasteiger partial charge in [-0.2, -0.15) is 13.2 Å². The van der Waals surface area contributed by atoms with Gasteiger partial charge in [-0.1, -0.05) is 12.1 Å². The molecule has 3 rings (SSSR count). The fourth-order valence-electron chi connectivity index (χ4n) is 3.57. The van der Waals surface area contributed by atoms with Crippen LogP contribution in [0.2, 0.25) is 0 Å². The molecule has 2 aliphatic heterocycles. The first-order chi connectivity index (χ1) is 11.8. The molecule has 2 aliphatic rings. The van der Waals surface area contributed by atoms with Crippen molar-refractivity contribution in [2.75, 3.05) is 26.3 Å². The van der Waals surface area contributed by atoms with Crippen LogP contribution in [0.5, 0.6) is 0 Å². The molecule has 25 heavy (non-hydrogen) atoms. The summed E-state index contributed by atoms with van der Waals surface area (Å²) in [5.41, 5.74) is -1.83. The summed E-state index contributed by atoms with van der Waals surface area (Å²) in [6, 6.07) is 4.84. The van der Waals surface area contributed by atoms with E-state index in [9.17, 15) is 23.1 Å². The fraction of sp³-hybridized carbons (Fsp3) is 0.611. The van der Waals surface area contributed by atoms with Crippen LogP contribution in [-0.4, -0.2) is 42.2 Å². The van der Waals surface area contributed by atoms with E-state index in [0.29, 0.717) is 39.1 Å². The third-order valence-corrected chi connectivity index (χ3v) is 5.20. The van der Waals surface area contributed by atoms with E-state index in [1.807, 2.05) is 0 Å². The third kappa shape index (κ3) is 3.98. The van der Waals surface area contributed by atoms with E-state index < -0.39 is 17.3 Å². The van der Waals surface area contributed by atoms with Crippen molar-refractivity contribution in [2.24, 2.45) is 5.92 Å². The van der Waals surface area contributed by atoms with Crippen LogP contribution in [0.1, 0.15) is 36.8 Å². The van der Waals surface area contributed by atoms with Gasteiger partial charge in [0.15, 0.2) is 0 Å². The molecule has 138 valence electrons. The molecule has 1 aromatic rings. The molecule has 0 atom stereocenters. The molecular formula is C18H22F3NO3. The van der Waals surface area contributed by atoms with Crippen molar-refractivity contribution < 1.29 is 27.8 Å². The Hall–Kier alpha value is -1.60. The van der Waals surface area contributed by atoms with Gasteiger partial charge in [0.05, 0.1) is 11.2 Å². The zero-order valence-corrected chi connectivity index (χ0v) is 13.9. The quantitative estimate of drug-likeness (QED) is 0.885. The molecule has 2 heterocycles. The number of ether oxygens (including phenoxy) is 1. The first kappa shape index (κ1) is 18.2. The molecule has 0 aromatic heterocycles. The lowest BCUT2D eigenvalue weighted by Crippen LogP contribution is -2.47. The molecule has 2 fully saturated rings. The number of aliphatic hydroxyl groups is 1. The van der Waals surface area contributed by atoms with Crippen LogP contribution >= 0.6 is 0 Å². The molecule has 0 spiro atoms. The number of carbonyl (C=O) groups is 1. The SMILES string of the molecule is O=C(C1CCOCC1)N1CCC(O)(c2cccc(C(F)(F)F)c2)CC1. The van der Waals surface area contributed by atoms with E-state index in [1.165, 1.54) is 12.1 Å². The summed E-state index contributed by atoms with van der Waals surface area (Å²) < 4.78 is 43.9. The lowest BCUT2D eigenvalue weighted by Gasteiger charge is -2.40. The third-order valence-electron chi connectivity index (χ3n) is 5.20. The van der Waals surface area contributed by atoms with Gasteiger partial charge in [0, 0.05) is 32.2 Å². The van der Waals surface area contributed by atoms with E-state index in [1.54, 1.807) is 4.90 Å². The second-order valence-electron chi connectivity index (χ2n) is 6.82. The lowest BCUT2D eigenvalue weighted by molar-refractivity contribution is -0.143. The second-order valence-corrected chi connectivity index (χ2v) is 6.82. The number of likely N-dealkylation sites (tertiary alicyclic amines) is 1. The van der Waals surface area contributed by atoms with E-state index in [-0.39, 0.29) is 30.2 Å². The highest BCUT2D eigenvalue weighted by Gasteiger charge is 2.39. The van der Waals surface area contributed by atoms with Gasteiger partial charge in [-0.05, 0) is 43.4 Å². The Morgan fingerprint density at radius 3 is 2.44 bits per heavy atom. The summed E-state index contributed by atoms with van der Waals surface area (Å²) in [7, 11) is 0. The Kier molecular flexibility index (Phi) is 5.06. The van der Waals surface area contributed by atoms with Gasteiger partial charge in [0.1, 0.15) is 0 Å². The molecule has 0 bridgehead atoms. The van der Waals surface area contributed by atoms with Gasteiger partial charge in [-0.15, -0.1) is 0 Å². The summed E-state index contributed by atoms with van der Waals surface area (Å²) in [5, 5.41) is 10.8. The van der Waals surface area contributed by atoms with Crippen molar-refractivity contribution in [3.8, 4) is 0 Å². The minimum atomic E-state index is -4.44. The zero-order valence-electron chi connectivity index (χ0n) is 13.9. The maximum Gasteiger partial charge on any atom is 0.416 e. The first-order valence-electron chi connectivity index (χ1n) is 8.56. The van der Waals surface area contributed by atoms with Crippen LogP contribution in [-0.2, 0) is 21.3 Å². The van der Waals surface area contributed by atoms with Gasteiger partial charge in [-0.3, -0.25) is 4.79 Å². The maximum absolute atomic E-state index is 12.9. The number of piperidine rings is 1. The summed E-state index contributed by atoms with van der Waals surface area (Å²) in [6.07, 6.45) is -2.56. The molecular weight excluding hydrogens is 335 g/mol. The predicted octanol–water partition coefficient (Wildman–Crippen LogP) is 2.94. The number of hydrogen-bond acceptors (Lipinski definition) is 3. The van der Waals surface area contributed by atoms with Crippen LogP contribution in [0.25, 0.3) is 0 Å². The Bertz CT molecular complexity index is 618. The number of carbonyl (C=O) groups excluding carboxylic acids is 1. The Labute approximate surface area is 144 Å². The summed E-state index contributed by atoms with van der Waals surface area (Å²) in [5.74, 6) is 0.0166. The largest absolute Gasteiger partial charge is 0.416 e. The normalized spacial score (nSPS) is 22.0. The van der Waals surface area contributed by atoms with Crippen LogP contribution in [0.4, 0.5) is 13.2 Å². The number of benzene rings is 1. The fourth-order valence-corrected chi connectivity index (χ4v) is 3.57. The summed E-state index contributed by atoms with van der Waals surface area (Å²) >= 11 is 0. The minimum Gasteiger partial charge on any atom is -0.385 e. The highest BCUT2D eigenvalue weighted by Crippen LogP contribution is 2.37. The van der Waals surface area contributed by atoms with Crippen LogP contribution in [0.15, 0.2) is 24.3 Å². The highest BCUT2D eigenvalue weighted by atomic mass is 19.4. The number of hydrogen-bond donors (Lipinski definition) is 1. The van der Waals surface area contributed by atoms with E-state index >= 15 is 0 Å². The Balaban J connectivity index is 1.67. The molecule has 7 heteroatoms. The Morgan fingerprint density at radius 2 is 1.84 bits per heavy atom. The average molecular weight is 357 g/mol. The maximum atomic E-state index is 12.9. The van der Waals surface area contributed by atoms with Crippen LogP contribution in [0.3, 0.4) is 0 Å². The van der Waals surface area contributed by atoms with Gasteiger partial charge >= 0.3 is 6.18 Å². The molecule has 0 radical (unpaired) electrons. The van der Waals surface area contributed by atoms with Gasteiger partial charge in [0.2, 0.25) is 5.91 Å². The molecule has 1 amide bonds. The van der Waals surface area contributed by atoms with Crippen LogP contribution in [0, 0.1) is 5.92 Å². The highest BCUT2D eigenvalue weighted by molar-refractivity contribution is 5.79. The number of rotatable bonds is 2. The van der Waals surface area contributed by atoms with Gasteiger partial charge in [-0.25, -0.2) is 0 Å². The first-order valence-corrected chi connectivity index (χ1v) is 8.56. The van der Waals surface area contributed by atoms with E-state index in [0.717, 1.165) is 12.1 Å². The monoisotopic (exact) mass is 357 g/mol. The predicted molar refractivity (Wildman–Crippen MR) is 84.7 cm³/mol. The van der Waals surface area contributed by atoms with Gasteiger partial charge < -0.3 is 14.7 Å². The smallest absolute Gasteiger partial charge is 0.385 e. The van der Waals surface area contributed by atoms with Crippen molar-refractivity contribution in [3.05, 3.63) is 35.4 Å². The average Bonchev–Trinajstić information content (AvgIpc) is 2.62. The van der Waals surface area contributed by atoms with E-state index in [4.69, 9.17) is 4.74 Å². The molecule has 4 nitrogen and oxygen atoms in total. The van der Waals surface area contributed by atoms with Crippen molar-refractivity contribution in [1.82, 2.24) is 4.90 Å². The number of amides is 1. The Morgan fingerprint density at radius 1 is 1.20 bits per heavy atom. The second kappa shape index (κ2) is 6.96. The molecule has 0 unspecified atom stereocenters. The number of alkyl halides is 3. The number of halogens is 3. The topological polar surface area (TPSA) is 49.8 Å². The minimum absolute atomic E-state index is 0.0477. The van der Waals surface area contributed by atoms with Crippen molar-refractivity contribution in [3.63, 3.8) is 0 Å². The summed E-state index contributed by atoms with van der Waals surface area (Å²) in [4.78, 5) is 14.2. The molecule has 0 saturated carbocycles. The standard InChI is InChI=1S/C18H22F3NO3/c19-18(20,21)15-3-1-2-14(12-15)17(24)6-8-22(9-7-17)16(23)13-4-10-25-11-5-13/h1-3,12-13,24H,4-11H2. The zero-order chi connectivity index (χ0) is 18.1. The van der Waals surface area contributed by atoms with Crippen molar-refractivity contribution in [1.29, 1.82) is 0 Å².